The van der Waals surface area contributed by atoms with Crippen LogP contribution >= 0.6 is 11.6 Å². The van der Waals surface area contributed by atoms with Gasteiger partial charge in [-0.3, -0.25) is 0 Å². The predicted molar refractivity (Wildman–Crippen MR) is 63.7 cm³/mol. The van der Waals surface area contributed by atoms with E-state index in [0.29, 0.717) is 19.5 Å². The van der Waals surface area contributed by atoms with E-state index in [-0.39, 0.29) is 16.5 Å². The zero-order valence-electron chi connectivity index (χ0n) is 9.66. The maximum atomic E-state index is 11.9. The zero-order valence-corrected chi connectivity index (χ0v) is 11.2. The van der Waals surface area contributed by atoms with Gasteiger partial charge < -0.3 is 0 Å². The van der Waals surface area contributed by atoms with Crippen LogP contribution < -0.4 is 0 Å². The molecule has 1 fully saturated rings. The maximum absolute atomic E-state index is 11.9. The van der Waals surface area contributed by atoms with Gasteiger partial charge in [-0.05, 0) is 18.3 Å². The number of hydrogen-bond donors (Lipinski definition) is 0. The minimum Gasteiger partial charge on any atom is -0.212 e. The molecular weight excluding hydrogens is 234 g/mol. The van der Waals surface area contributed by atoms with E-state index in [1.54, 1.807) is 0 Å². The highest BCUT2D eigenvalue weighted by molar-refractivity contribution is 7.89. The monoisotopic (exact) mass is 253 g/mol. The van der Waals surface area contributed by atoms with Crippen molar-refractivity contribution in [3.05, 3.63) is 0 Å². The SMILES string of the molecule is CC(C)(C)CCS(=O)(=O)N1CCC(Cl)C1. The molecule has 0 aromatic rings. The average molecular weight is 254 g/mol. The van der Waals surface area contributed by atoms with Gasteiger partial charge >= 0.3 is 0 Å². The van der Waals surface area contributed by atoms with Crippen LogP contribution in [0.1, 0.15) is 33.6 Å². The van der Waals surface area contributed by atoms with Gasteiger partial charge in [0.25, 0.3) is 0 Å². The van der Waals surface area contributed by atoms with Gasteiger partial charge in [0.05, 0.1) is 5.75 Å². The number of sulfonamides is 1. The van der Waals surface area contributed by atoms with Crippen molar-refractivity contribution >= 4 is 21.6 Å². The van der Waals surface area contributed by atoms with Gasteiger partial charge in [0.15, 0.2) is 0 Å². The van der Waals surface area contributed by atoms with Gasteiger partial charge in [0, 0.05) is 18.5 Å². The van der Waals surface area contributed by atoms with E-state index < -0.39 is 10.0 Å². The molecule has 0 bridgehead atoms. The molecule has 0 radical (unpaired) electrons. The van der Waals surface area contributed by atoms with Crippen LogP contribution in [0.5, 0.6) is 0 Å². The molecule has 1 unspecified atom stereocenters. The fraction of sp³-hybridized carbons (Fsp3) is 1.00. The second kappa shape index (κ2) is 4.60. The Hall–Kier alpha value is 0.200. The molecule has 90 valence electrons. The zero-order chi connectivity index (χ0) is 11.7. The van der Waals surface area contributed by atoms with Crippen molar-refractivity contribution in [2.24, 2.45) is 5.41 Å². The number of alkyl halides is 1. The third kappa shape index (κ3) is 4.29. The first kappa shape index (κ1) is 13.3. The first-order chi connectivity index (χ1) is 6.71. The molecule has 1 atom stereocenters. The molecule has 0 N–H and O–H groups in total. The lowest BCUT2D eigenvalue weighted by Crippen LogP contribution is -2.32. The van der Waals surface area contributed by atoms with Crippen LogP contribution in [0.4, 0.5) is 0 Å². The first-order valence-corrected chi connectivity index (χ1v) is 7.37. The fourth-order valence-corrected chi connectivity index (χ4v) is 3.77. The smallest absolute Gasteiger partial charge is 0.212 e. The summed E-state index contributed by atoms with van der Waals surface area (Å²) < 4.78 is 25.3. The van der Waals surface area contributed by atoms with Crippen LogP contribution in [-0.2, 0) is 10.0 Å². The molecule has 0 aromatic heterocycles. The van der Waals surface area contributed by atoms with Gasteiger partial charge in [0.2, 0.25) is 10.0 Å². The molecular formula is C10H20ClNO2S. The molecule has 1 rings (SSSR count). The Labute approximate surface area is 97.8 Å². The Kier molecular flexibility index (Phi) is 4.07. The minimum atomic E-state index is -3.08. The van der Waals surface area contributed by atoms with Gasteiger partial charge in [-0.2, -0.15) is 0 Å². The third-order valence-electron chi connectivity index (χ3n) is 2.60. The summed E-state index contributed by atoms with van der Waals surface area (Å²) in [5.74, 6) is 0.236. The summed E-state index contributed by atoms with van der Waals surface area (Å²) >= 11 is 5.90. The van der Waals surface area contributed by atoms with E-state index in [2.05, 4.69) is 20.8 Å². The molecule has 3 nitrogen and oxygen atoms in total. The van der Waals surface area contributed by atoms with E-state index in [1.165, 1.54) is 4.31 Å². The number of nitrogens with zero attached hydrogens (tertiary/aromatic N) is 1. The quantitative estimate of drug-likeness (QED) is 0.722. The van der Waals surface area contributed by atoms with Gasteiger partial charge in [-0.15, -0.1) is 11.6 Å². The van der Waals surface area contributed by atoms with Crippen molar-refractivity contribution in [1.29, 1.82) is 0 Å². The van der Waals surface area contributed by atoms with Gasteiger partial charge in [0.1, 0.15) is 0 Å². The molecule has 5 heteroatoms. The highest BCUT2D eigenvalue weighted by Crippen LogP contribution is 2.23. The van der Waals surface area contributed by atoms with E-state index in [1.807, 2.05) is 0 Å². The number of hydrogen-bond acceptors (Lipinski definition) is 2. The van der Waals surface area contributed by atoms with E-state index in [0.717, 1.165) is 6.42 Å². The summed E-state index contributed by atoms with van der Waals surface area (Å²) in [7, 11) is -3.08. The van der Waals surface area contributed by atoms with E-state index >= 15 is 0 Å². The van der Waals surface area contributed by atoms with Crippen molar-refractivity contribution in [3.8, 4) is 0 Å². The summed E-state index contributed by atoms with van der Waals surface area (Å²) in [6, 6.07) is 0. The van der Waals surface area contributed by atoms with Crippen LogP contribution in [0.3, 0.4) is 0 Å². The molecule has 1 aliphatic rings. The van der Waals surface area contributed by atoms with Crippen LogP contribution in [0, 0.1) is 5.41 Å². The van der Waals surface area contributed by atoms with Crippen molar-refractivity contribution in [2.45, 2.75) is 39.0 Å². The predicted octanol–water partition coefficient (Wildman–Crippen LogP) is 2.07. The van der Waals surface area contributed by atoms with E-state index in [9.17, 15) is 8.42 Å². The standard InChI is InChI=1S/C10H20ClNO2S/c1-10(2,3)5-7-15(13,14)12-6-4-9(11)8-12/h9H,4-8H2,1-3H3. The topological polar surface area (TPSA) is 37.4 Å². The Morgan fingerprint density at radius 2 is 2.00 bits per heavy atom. The first-order valence-electron chi connectivity index (χ1n) is 5.33. The molecule has 0 aromatic carbocycles. The second-order valence-electron chi connectivity index (χ2n) is 5.37. The van der Waals surface area contributed by atoms with Crippen molar-refractivity contribution in [3.63, 3.8) is 0 Å². The van der Waals surface area contributed by atoms with Crippen LogP contribution in [-0.4, -0.2) is 36.9 Å². The van der Waals surface area contributed by atoms with Crippen LogP contribution in [0.2, 0.25) is 0 Å². The van der Waals surface area contributed by atoms with Crippen LogP contribution in [0.15, 0.2) is 0 Å². The lowest BCUT2D eigenvalue weighted by atomic mass is 9.94. The molecule has 0 aliphatic carbocycles. The van der Waals surface area contributed by atoms with Crippen molar-refractivity contribution in [1.82, 2.24) is 4.31 Å². The number of rotatable bonds is 3. The second-order valence-corrected chi connectivity index (χ2v) is 8.08. The Morgan fingerprint density at radius 3 is 2.40 bits per heavy atom. The molecule has 1 heterocycles. The van der Waals surface area contributed by atoms with Crippen LogP contribution in [0.25, 0.3) is 0 Å². The summed E-state index contributed by atoms with van der Waals surface area (Å²) in [6.07, 6.45) is 1.47. The molecule has 0 spiro atoms. The average Bonchev–Trinajstić information content (AvgIpc) is 2.48. The molecule has 0 saturated carbocycles. The maximum Gasteiger partial charge on any atom is 0.214 e. The summed E-state index contributed by atoms with van der Waals surface area (Å²) in [6.45, 7) is 7.22. The molecule has 1 aliphatic heterocycles. The summed E-state index contributed by atoms with van der Waals surface area (Å²) in [4.78, 5) is 0. The molecule has 15 heavy (non-hydrogen) atoms. The lowest BCUT2D eigenvalue weighted by molar-refractivity contribution is 0.389. The largest absolute Gasteiger partial charge is 0.214 e. The van der Waals surface area contributed by atoms with Gasteiger partial charge in [-0.1, -0.05) is 20.8 Å². The highest BCUT2D eigenvalue weighted by Gasteiger charge is 2.30. The molecule has 1 saturated heterocycles. The summed E-state index contributed by atoms with van der Waals surface area (Å²) in [5, 5.41) is -0.00517. The Morgan fingerprint density at radius 1 is 1.40 bits per heavy atom. The molecule has 0 amide bonds. The van der Waals surface area contributed by atoms with Gasteiger partial charge in [-0.25, -0.2) is 12.7 Å². The van der Waals surface area contributed by atoms with E-state index in [4.69, 9.17) is 11.6 Å². The Bertz CT molecular complexity index is 308. The third-order valence-corrected chi connectivity index (χ3v) is 4.79. The minimum absolute atomic E-state index is 0.00517. The summed E-state index contributed by atoms with van der Waals surface area (Å²) in [5.41, 5.74) is 0.0627. The normalized spacial score (nSPS) is 24.7. The highest BCUT2D eigenvalue weighted by atomic mass is 35.5. The fourth-order valence-electron chi connectivity index (χ4n) is 1.50. The number of halogens is 1. The van der Waals surface area contributed by atoms with Crippen molar-refractivity contribution in [2.75, 3.05) is 18.8 Å². The Balaban J connectivity index is 2.53. The van der Waals surface area contributed by atoms with Crippen molar-refractivity contribution < 1.29 is 8.42 Å². The lowest BCUT2D eigenvalue weighted by Gasteiger charge is -2.21.